The molecule has 0 bridgehead atoms. The van der Waals surface area contributed by atoms with Gasteiger partial charge >= 0.3 is 0 Å². The zero-order chi connectivity index (χ0) is 13.3. The molecule has 3 rings (SSSR count). The third-order valence-electron chi connectivity index (χ3n) is 3.85. The monoisotopic (exact) mass is 337 g/mol. The molecule has 0 aliphatic heterocycles. The molecule has 100 valence electrons. The van der Waals surface area contributed by atoms with Crippen LogP contribution < -0.4 is 0 Å². The number of thiazole rings is 1. The standard InChI is InChI=1S/C15H16BrNOS/c1-18-15(8-4-5-9-15)14-17-13(10-19-14)11-6-2-3-7-12(11)16/h2-3,6-7,10H,4-5,8-9H2,1H3. The van der Waals surface area contributed by atoms with E-state index in [0.717, 1.165) is 33.6 Å². The number of hydrogen-bond donors (Lipinski definition) is 0. The van der Waals surface area contributed by atoms with Gasteiger partial charge in [-0.15, -0.1) is 11.3 Å². The van der Waals surface area contributed by atoms with Crippen molar-refractivity contribution in [2.24, 2.45) is 0 Å². The highest BCUT2D eigenvalue weighted by atomic mass is 79.9. The van der Waals surface area contributed by atoms with Crippen molar-refractivity contribution in [1.82, 2.24) is 4.98 Å². The summed E-state index contributed by atoms with van der Waals surface area (Å²) in [6.45, 7) is 0. The summed E-state index contributed by atoms with van der Waals surface area (Å²) >= 11 is 5.31. The third-order valence-corrected chi connectivity index (χ3v) is 5.56. The lowest BCUT2D eigenvalue weighted by atomic mass is 10.0. The highest BCUT2D eigenvalue weighted by Crippen LogP contribution is 2.44. The van der Waals surface area contributed by atoms with Crippen LogP contribution in [0.25, 0.3) is 11.3 Å². The first-order valence-corrected chi connectivity index (χ1v) is 8.18. The predicted octanol–water partition coefficient (Wildman–Crippen LogP) is 4.99. The minimum Gasteiger partial charge on any atom is -0.371 e. The second-order valence-electron chi connectivity index (χ2n) is 4.92. The second kappa shape index (κ2) is 5.35. The van der Waals surface area contributed by atoms with E-state index in [4.69, 9.17) is 9.72 Å². The second-order valence-corrected chi connectivity index (χ2v) is 6.64. The number of hydrogen-bond acceptors (Lipinski definition) is 3. The van der Waals surface area contributed by atoms with E-state index in [0.29, 0.717) is 0 Å². The van der Waals surface area contributed by atoms with Gasteiger partial charge in [-0.3, -0.25) is 0 Å². The van der Waals surface area contributed by atoms with Crippen molar-refractivity contribution in [2.75, 3.05) is 7.11 Å². The number of benzene rings is 1. The molecule has 2 nitrogen and oxygen atoms in total. The van der Waals surface area contributed by atoms with Crippen LogP contribution in [0.2, 0.25) is 0 Å². The first kappa shape index (κ1) is 13.3. The Morgan fingerprint density at radius 2 is 2.00 bits per heavy atom. The number of rotatable bonds is 3. The number of halogens is 1. The van der Waals surface area contributed by atoms with Crippen LogP contribution in [0.1, 0.15) is 30.7 Å². The van der Waals surface area contributed by atoms with E-state index in [1.807, 2.05) is 19.2 Å². The quantitative estimate of drug-likeness (QED) is 0.787. The summed E-state index contributed by atoms with van der Waals surface area (Å²) in [4.78, 5) is 4.83. The minimum absolute atomic E-state index is 0.135. The molecule has 0 saturated heterocycles. The smallest absolute Gasteiger partial charge is 0.125 e. The van der Waals surface area contributed by atoms with Gasteiger partial charge in [0.1, 0.15) is 10.6 Å². The van der Waals surface area contributed by atoms with Crippen LogP contribution in [0.3, 0.4) is 0 Å². The fraction of sp³-hybridized carbons (Fsp3) is 0.400. The van der Waals surface area contributed by atoms with E-state index in [1.54, 1.807) is 11.3 Å². The summed E-state index contributed by atoms with van der Waals surface area (Å²) in [5.41, 5.74) is 2.05. The van der Waals surface area contributed by atoms with E-state index in [1.165, 1.54) is 12.8 Å². The molecule has 1 heterocycles. The van der Waals surface area contributed by atoms with Crippen molar-refractivity contribution in [3.8, 4) is 11.3 Å². The zero-order valence-electron chi connectivity index (χ0n) is 10.9. The molecule has 1 fully saturated rings. The Balaban J connectivity index is 1.98. The SMILES string of the molecule is COC1(c2nc(-c3ccccc3Br)cs2)CCCC1. The van der Waals surface area contributed by atoms with Gasteiger partial charge in [0, 0.05) is 22.5 Å². The molecule has 0 radical (unpaired) electrons. The molecule has 1 aliphatic rings. The normalized spacial score (nSPS) is 17.8. The Hall–Kier alpha value is -0.710. The van der Waals surface area contributed by atoms with Crippen LogP contribution in [0.4, 0.5) is 0 Å². The molecular formula is C15H16BrNOS. The van der Waals surface area contributed by atoms with Gasteiger partial charge in [-0.25, -0.2) is 4.98 Å². The average Bonchev–Trinajstić information content (AvgIpc) is 3.09. The Morgan fingerprint density at radius 3 is 2.68 bits per heavy atom. The maximum absolute atomic E-state index is 5.80. The summed E-state index contributed by atoms with van der Waals surface area (Å²) < 4.78 is 6.89. The Bertz CT molecular complexity index is 575. The number of aromatic nitrogens is 1. The molecule has 2 aromatic rings. The van der Waals surface area contributed by atoms with Gasteiger partial charge in [-0.2, -0.15) is 0 Å². The molecule has 0 unspecified atom stereocenters. The lowest BCUT2D eigenvalue weighted by Gasteiger charge is -2.24. The molecule has 0 atom stereocenters. The van der Waals surface area contributed by atoms with Crippen LogP contribution >= 0.6 is 27.3 Å². The highest BCUT2D eigenvalue weighted by Gasteiger charge is 2.38. The van der Waals surface area contributed by atoms with Gasteiger partial charge in [0.25, 0.3) is 0 Å². The maximum Gasteiger partial charge on any atom is 0.125 e. The van der Waals surface area contributed by atoms with E-state index in [-0.39, 0.29) is 5.60 Å². The lowest BCUT2D eigenvalue weighted by Crippen LogP contribution is -2.24. The summed E-state index contributed by atoms with van der Waals surface area (Å²) in [5, 5.41) is 3.26. The first-order valence-electron chi connectivity index (χ1n) is 6.51. The van der Waals surface area contributed by atoms with Crippen molar-refractivity contribution in [2.45, 2.75) is 31.3 Å². The lowest BCUT2D eigenvalue weighted by molar-refractivity contribution is -0.00879. The van der Waals surface area contributed by atoms with Crippen LogP contribution in [-0.4, -0.2) is 12.1 Å². The van der Waals surface area contributed by atoms with Gasteiger partial charge in [-0.05, 0) is 18.9 Å². The van der Waals surface area contributed by atoms with Crippen LogP contribution in [-0.2, 0) is 10.3 Å². The van der Waals surface area contributed by atoms with Gasteiger partial charge in [0.2, 0.25) is 0 Å². The van der Waals surface area contributed by atoms with Gasteiger partial charge in [-0.1, -0.05) is 47.0 Å². The molecule has 1 saturated carbocycles. The highest BCUT2D eigenvalue weighted by molar-refractivity contribution is 9.10. The molecule has 0 N–H and O–H groups in total. The topological polar surface area (TPSA) is 22.1 Å². The summed E-state index contributed by atoms with van der Waals surface area (Å²) in [5.74, 6) is 0. The molecular weight excluding hydrogens is 322 g/mol. The Labute approximate surface area is 126 Å². The minimum atomic E-state index is -0.135. The van der Waals surface area contributed by atoms with Crippen LogP contribution in [0.15, 0.2) is 34.1 Å². The summed E-state index contributed by atoms with van der Waals surface area (Å²) in [6.07, 6.45) is 4.65. The number of ether oxygens (including phenoxy) is 1. The largest absolute Gasteiger partial charge is 0.371 e. The van der Waals surface area contributed by atoms with Crippen LogP contribution in [0.5, 0.6) is 0 Å². The maximum atomic E-state index is 5.80. The molecule has 4 heteroatoms. The van der Waals surface area contributed by atoms with Gasteiger partial charge < -0.3 is 4.74 Å². The van der Waals surface area contributed by atoms with E-state index in [9.17, 15) is 0 Å². The van der Waals surface area contributed by atoms with Crippen molar-refractivity contribution in [3.05, 3.63) is 39.1 Å². The van der Waals surface area contributed by atoms with Gasteiger partial charge in [0.15, 0.2) is 0 Å². The molecule has 0 spiro atoms. The fourth-order valence-corrected chi connectivity index (χ4v) is 4.27. The van der Waals surface area contributed by atoms with Crippen molar-refractivity contribution in [1.29, 1.82) is 0 Å². The number of nitrogens with zero attached hydrogens (tertiary/aromatic N) is 1. The molecule has 0 amide bonds. The Morgan fingerprint density at radius 1 is 1.26 bits per heavy atom. The summed E-state index contributed by atoms with van der Waals surface area (Å²) in [6, 6.07) is 8.21. The molecule has 1 aromatic heterocycles. The third kappa shape index (κ3) is 2.37. The number of methoxy groups -OCH3 is 1. The predicted molar refractivity (Wildman–Crippen MR) is 82.4 cm³/mol. The van der Waals surface area contributed by atoms with E-state index < -0.39 is 0 Å². The summed E-state index contributed by atoms with van der Waals surface area (Å²) in [7, 11) is 1.81. The van der Waals surface area contributed by atoms with Crippen molar-refractivity contribution in [3.63, 3.8) is 0 Å². The van der Waals surface area contributed by atoms with Crippen molar-refractivity contribution < 1.29 is 4.74 Å². The molecule has 1 aliphatic carbocycles. The Kier molecular flexibility index (Phi) is 3.74. The molecule has 1 aromatic carbocycles. The zero-order valence-corrected chi connectivity index (χ0v) is 13.3. The van der Waals surface area contributed by atoms with Crippen LogP contribution in [0, 0.1) is 0 Å². The fourth-order valence-electron chi connectivity index (χ4n) is 2.73. The van der Waals surface area contributed by atoms with E-state index >= 15 is 0 Å². The van der Waals surface area contributed by atoms with Gasteiger partial charge in [0.05, 0.1) is 5.69 Å². The molecule has 19 heavy (non-hydrogen) atoms. The average molecular weight is 338 g/mol. The van der Waals surface area contributed by atoms with E-state index in [2.05, 4.69) is 33.4 Å². The van der Waals surface area contributed by atoms with Crippen molar-refractivity contribution >= 4 is 27.3 Å². The first-order chi connectivity index (χ1) is 9.25.